The summed E-state index contributed by atoms with van der Waals surface area (Å²) in [5, 5.41) is 3.33. The summed E-state index contributed by atoms with van der Waals surface area (Å²) in [4.78, 5) is 12.0. The fourth-order valence-electron chi connectivity index (χ4n) is 2.40. The molecule has 0 aliphatic carbocycles. The van der Waals surface area contributed by atoms with E-state index in [1.165, 1.54) is 24.3 Å². The molecule has 0 heterocycles. The summed E-state index contributed by atoms with van der Waals surface area (Å²) in [6.07, 6.45) is 0. The Morgan fingerprint density at radius 3 is 2.23 bits per heavy atom. The van der Waals surface area contributed by atoms with Crippen molar-refractivity contribution in [1.82, 2.24) is 0 Å². The Hall–Kier alpha value is -2.45. The average molecular weight is 486 g/mol. The van der Waals surface area contributed by atoms with Crippen molar-refractivity contribution in [3.8, 4) is 5.75 Å². The average Bonchev–Trinajstić information content (AvgIpc) is 2.70. The molecule has 156 valence electrons. The van der Waals surface area contributed by atoms with Crippen LogP contribution >= 0.6 is 34.8 Å². The second kappa shape index (κ2) is 9.57. The van der Waals surface area contributed by atoms with Gasteiger partial charge in [-0.1, -0.05) is 53.0 Å². The second-order valence-corrected chi connectivity index (χ2v) is 8.93. The Morgan fingerprint density at radius 1 is 0.833 bits per heavy atom. The predicted octanol–water partition coefficient (Wildman–Crippen LogP) is 5.47. The van der Waals surface area contributed by atoms with Gasteiger partial charge in [-0.3, -0.25) is 9.52 Å². The molecule has 30 heavy (non-hydrogen) atoms. The van der Waals surface area contributed by atoms with E-state index in [1.807, 2.05) is 0 Å². The van der Waals surface area contributed by atoms with Gasteiger partial charge < -0.3 is 10.1 Å². The van der Waals surface area contributed by atoms with Gasteiger partial charge in [-0.25, -0.2) is 8.42 Å². The van der Waals surface area contributed by atoms with Crippen molar-refractivity contribution in [2.75, 3.05) is 16.6 Å². The lowest BCUT2D eigenvalue weighted by molar-refractivity contribution is -0.118. The maximum atomic E-state index is 12.5. The van der Waals surface area contributed by atoms with Crippen molar-refractivity contribution < 1.29 is 17.9 Å². The summed E-state index contributed by atoms with van der Waals surface area (Å²) in [7, 11) is -3.82. The van der Waals surface area contributed by atoms with E-state index in [4.69, 9.17) is 39.5 Å². The zero-order valence-corrected chi connectivity index (χ0v) is 18.3. The maximum Gasteiger partial charge on any atom is 0.262 e. The highest BCUT2D eigenvalue weighted by molar-refractivity contribution is 7.92. The van der Waals surface area contributed by atoms with E-state index >= 15 is 0 Å². The zero-order chi connectivity index (χ0) is 21.7. The molecule has 0 bridgehead atoms. The highest BCUT2D eigenvalue weighted by atomic mass is 35.5. The van der Waals surface area contributed by atoms with Crippen LogP contribution in [0.1, 0.15) is 0 Å². The van der Waals surface area contributed by atoms with Gasteiger partial charge in [-0.15, -0.1) is 0 Å². The molecule has 1 amide bonds. The van der Waals surface area contributed by atoms with Crippen molar-refractivity contribution in [1.29, 1.82) is 0 Å². The minimum Gasteiger partial charge on any atom is -0.482 e. The third-order valence-electron chi connectivity index (χ3n) is 3.80. The molecule has 0 unspecified atom stereocenters. The van der Waals surface area contributed by atoms with Gasteiger partial charge in [-0.2, -0.15) is 0 Å². The van der Waals surface area contributed by atoms with Crippen molar-refractivity contribution in [2.24, 2.45) is 0 Å². The Labute approximate surface area is 188 Å². The van der Waals surface area contributed by atoms with Crippen LogP contribution in [0.4, 0.5) is 11.4 Å². The molecule has 0 aliphatic rings. The Kier molecular flexibility index (Phi) is 7.10. The maximum absolute atomic E-state index is 12.5. The van der Waals surface area contributed by atoms with Gasteiger partial charge in [0, 0.05) is 11.4 Å². The zero-order valence-electron chi connectivity index (χ0n) is 15.2. The SMILES string of the molecule is O=C(COc1ccc(S(=O)(=O)Nc2ccccc2)cc1Cl)Nc1ccc(Cl)c(Cl)c1. The summed E-state index contributed by atoms with van der Waals surface area (Å²) in [6, 6.07) is 17.1. The number of rotatable bonds is 7. The summed E-state index contributed by atoms with van der Waals surface area (Å²) >= 11 is 17.9. The number of para-hydroxylation sites is 1. The van der Waals surface area contributed by atoms with E-state index in [-0.39, 0.29) is 22.3 Å². The quantitative estimate of drug-likeness (QED) is 0.465. The summed E-state index contributed by atoms with van der Waals surface area (Å²) in [5.74, 6) is -0.286. The van der Waals surface area contributed by atoms with E-state index in [9.17, 15) is 13.2 Å². The normalized spacial score (nSPS) is 11.0. The van der Waals surface area contributed by atoms with Gasteiger partial charge in [0.05, 0.1) is 20.0 Å². The predicted molar refractivity (Wildman–Crippen MR) is 119 cm³/mol. The van der Waals surface area contributed by atoms with Crippen LogP contribution in [-0.4, -0.2) is 20.9 Å². The van der Waals surface area contributed by atoms with Gasteiger partial charge >= 0.3 is 0 Å². The van der Waals surface area contributed by atoms with Crippen molar-refractivity contribution in [2.45, 2.75) is 4.90 Å². The molecule has 3 aromatic carbocycles. The molecule has 2 N–H and O–H groups in total. The highest BCUT2D eigenvalue weighted by Crippen LogP contribution is 2.29. The standard InChI is InChI=1S/C20H15Cl3N2O4S/c21-16-8-6-14(10-17(16)22)24-20(26)12-29-19-9-7-15(11-18(19)23)30(27,28)25-13-4-2-1-3-5-13/h1-11,25H,12H2,(H,24,26). The number of anilines is 2. The third kappa shape index (κ3) is 5.79. The Morgan fingerprint density at radius 2 is 1.57 bits per heavy atom. The molecule has 0 saturated carbocycles. The minimum absolute atomic E-state index is 0.0380. The van der Waals surface area contributed by atoms with Crippen LogP contribution in [0.5, 0.6) is 5.75 Å². The number of hydrogen-bond acceptors (Lipinski definition) is 4. The summed E-state index contributed by atoms with van der Waals surface area (Å²) in [6.45, 7) is -0.339. The number of carbonyl (C=O) groups excluding carboxylic acids is 1. The number of carbonyl (C=O) groups is 1. The van der Waals surface area contributed by atoms with Crippen LogP contribution in [0.3, 0.4) is 0 Å². The van der Waals surface area contributed by atoms with Crippen LogP contribution in [0, 0.1) is 0 Å². The summed E-state index contributed by atoms with van der Waals surface area (Å²) < 4.78 is 32.8. The van der Waals surface area contributed by atoms with E-state index in [0.29, 0.717) is 21.4 Å². The molecule has 0 spiro atoms. The number of halogens is 3. The Bertz CT molecular complexity index is 1170. The molecule has 0 aromatic heterocycles. The number of nitrogens with one attached hydrogen (secondary N) is 2. The fraction of sp³-hybridized carbons (Fsp3) is 0.0500. The molecule has 10 heteroatoms. The number of hydrogen-bond donors (Lipinski definition) is 2. The van der Waals surface area contributed by atoms with Gasteiger partial charge in [0.15, 0.2) is 6.61 Å². The van der Waals surface area contributed by atoms with Crippen molar-refractivity contribution in [3.63, 3.8) is 0 Å². The smallest absolute Gasteiger partial charge is 0.262 e. The second-order valence-electron chi connectivity index (χ2n) is 6.03. The number of ether oxygens (including phenoxy) is 1. The molecular formula is C20H15Cl3N2O4S. The van der Waals surface area contributed by atoms with E-state index in [1.54, 1.807) is 42.5 Å². The first-order valence-corrected chi connectivity index (χ1v) is 11.1. The topological polar surface area (TPSA) is 84.5 Å². The summed E-state index contributed by atoms with van der Waals surface area (Å²) in [5.41, 5.74) is 0.880. The first-order chi connectivity index (χ1) is 14.2. The van der Waals surface area contributed by atoms with Crippen LogP contribution in [0.25, 0.3) is 0 Å². The lowest BCUT2D eigenvalue weighted by Crippen LogP contribution is -2.20. The number of amides is 1. The third-order valence-corrected chi connectivity index (χ3v) is 6.22. The first kappa shape index (κ1) is 22.2. The lowest BCUT2D eigenvalue weighted by Gasteiger charge is -2.12. The molecule has 3 rings (SSSR count). The molecule has 6 nitrogen and oxygen atoms in total. The lowest BCUT2D eigenvalue weighted by atomic mass is 10.3. The molecule has 0 radical (unpaired) electrons. The fourth-order valence-corrected chi connectivity index (χ4v) is 4.08. The molecule has 3 aromatic rings. The van der Waals surface area contributed by atoms with E-state index < -0.39 is 15.9 Å². The highest BCUT2D eigenvalue weighted by Gasteiger charge is 2.17. The Balaban J connectivity index is 1.63. The minimum atomic E-state index is -3.82. The molecular weight excluding hydrogens is 471 g/mol. The van der Waals surface area contributed by atoms with Crippen LogP contribution in [0.15, 0.2) is 71.6 Å². The van der Waals surface area contributed by atoms with E-state index in [2.05, 4.69) is 10.0 Å². The molecule has 0 atom stereocenters. The number of sulfonamides is 1. The largest absolute Gasteiger partial charge is 0.482 e. The first-order valence-electron chi connectivity index (χ1n) is 8.50. The van der Waals surface area contributed by atoms with Crippen LogP contribution in [-0.2, 0) is 14.8 Å². The van der Waals surface area contributed by atoms with Crippen LogP contribution < -0.4 is 14.8 Å². The monoisotopic (exact) mass is 484 g/mol. The van der Waals surface area contributed by atoms with E-state index in [0.717, 1.165) is 0 Å². The molecule has 0 saturated heterocycles. The van der Waals surface area contributed by atoms with Gasteiger partial charge in [0.25, 0.3) is 15.9 Å². The molecule has 0 fully saturated rings. The van der Waals surface area contributed by atoms with Crippen molar-refractivity contribution >= 4 is 62.1 Å². The van der Waals surface area contributed by atoms with Crippen LogP contribution in [0.2, 0.25) is 15.1 Å². The van der Waals surface area contributed by atoms with Gasteiger partial charge in [0.1, 0.15) is 5.75 Å². The number of benzene rings is 3. The van der Waals surface area contributed by atoms with Gasteiger partial charge in [-0.05, 0) is 48.5 Å². The van der Waals surface area contributed by atoms with Gasteiger partial charge in [0.2, 0.25) is 0 Å². The molecule has 0 aliphatic heterocycles. The van der Waals surface area contributed by atoms with Crippen molar-refractivity contribution in [3.05, 3.63) is 81.8 Å².